The Hall–Kier alpha value is -2.62. The van der Waals surface area contributed by atoms with Gasteiger partial charge in [0.25, 0.3) is 0 Å². The number of rotatable bonds is 7. The summed E-state index contributed by atoms with van der Waals surface area (Å²) in [7, 11) is 3.10. The van der Waals surface area contributed by atoms with E-state index in [1.54, 1.807) is 46.9 Å². The molecule has 0 spiro atoms. The van der Waals surface area contributed by atoms with Crippen LogP contribution in [0.5, 0.6) is 5.75 Å². The molecule has 2 N–H and O–H groups in total. The number of fused-ring (bicyclic) bond motifs is 1. The molecule has 12 heteroatoms. The van der Waals surface area contributed by atoms with E-state index in [1.165, 1.54) is 11.9 Å². The summed E-state index contributed by atoms with van der Waals surface area (Å²) in [5.74, 6) is -0.371. The Morgan fingerprint density at radius 2 is 1.84 bits per heavy atom. The third-order valence-electron chi connectivity index (χ3n) is 5.43. The lowest BCUT2D eigenvalue weighted by Gasteiger charge is -2.24. The fourth-order valence-electron chi connectivity index (χ4n) is 3.68. The number of amides is 1. The van der Waals surface area contributed by atoms with Crippen LogP contribution in [-0.4, -0.2) is 48.0 Å². The summed E-state index contributed by atoms with van der Waals surface area (Å²) < 4.78 is 17.8. The fourth-order valence-corrected chi connectivity index (χ4v) is 6.02. The average molecular weight is 735 g/mol. The zero-order valence-corrected chi connectivity index (χ0v) is 25.5. The zero-order valence-electron chi connectivity index (χ0n) is 21.1. The highest BCUT2D eigenvalue weighted by atomic mass is 127. The van der Waals surface area contributed by atoms with Crippen molar-refractivity contribution < 1.29 is 28.6 Å². The maximum Gasteiger partial charge on any atom is 0.412 e. The van der Waals surface area contributed by atoms with Crippen LogP contribution in [0.1, 0.15) is 31.9 Å². The number of carbonyl (C=O) groups excluding carboxylic acids is 1. The Labute approximate surface area is 241 Å². The van der Waals surface area contributed by atoms with Gasteiger partial charge in [0, 0.05) is 19.2 Å². The molecule has 0 aliphatic rings. The first kappa shape index (κ1) is 28.9. The summed E-state index contributed by atoms with van der Waals surface area (Å²) in [6.45, 7) is 6.90. The van der Waals surface area contributed by atoms with Gasteiger partial charge in [-0.3, -0.25) is 5.32 Å². The Morgan fingerprint density at radius 3 is 2.38 bits per heavy atom. The van der Waals surface area contributed by atoms with E-state index < -0.39 is 29.3 Å². The minimum Gasteiger partial charge on any atom is -0.495 e. The number of methoxy groups -OCH3 is 1. The van der Waals surface area contributed by atoms with E-state index in [4.69, 9.17) is 13.9 Å². The van der Waals surface area contributed by atoms with Gasteiger partial charge in [-0.2, -0.15) is 4.98 Å². The minimum atomic E-state index is -1.10. The predicted molar refractivity (Wildman–Crippen MR) is 157 cm³/mol. The Balaban J connectivity index is 1.94. The maximum atomic E-state index is 13.0. The summed E-state index contributed by atoms with van der Waals surface area (Å²) in [5, 5.41) is 12.8. The number of nitrogens with one attached hydrogen (secondary N) is 1. The van der Waals surface area contributed by atoms with E-state index in [-0.39, 0.29) is 17.8 Å². The SMILES string of the molecule is COc1c(I)cc(C[C@@H](C(=O)O)N(C)c2nc3ccc(NC(=O)OC(C)(C)C)c(C)c3c(=O)o2)cc1I. The van der Waals surface area contributed by atoms with Gasteiger partial charge >= 0.3 is 23.7 Å². The van der Waals surface area contributed by atoms with Crippen LogP contribution >= 0.6 is 45.2 Å². The van der Waals surface area contributed by atoms with Crippen LogP contribution < -0.4 is 20.6 Å². The van der Waals surface area contributed by atoms with Gasteiger partial charge in [-0.25, -0.2) is 14.4 Å². The number of likely N-dealkylation sites (N-methyl/N-ethyl adjacent to an activating group) is 1. The lowest BCUT2D eigenvalue weighted by atomic mass is 10.0. The van der Waals surface area contributed by atoms with Gasteiger partial charge in [0.2, 0.25) is 0 Å². The van der Waals surface area contributed by atoms with Crippen molar-refractivity contribution in [2.24, 2.45) is 0 Å². The number of carboxylic acids is 1. The Morgan fingerprint density at radius 1 is 1.22 bits per heavy atom. The molecule has 3 aromatic rings. The van der Waals surface area contributed by atoms with E-state index >= 15 is 0 Å². The van der Waals surface area contributed by atoms with Gasteiger partial charge in [-0.1, -0.05) is 0 Å². The second kappa shape index (κ2) is 11.4. The topological polar surface area (TPSA) is 131 Å². The quantitative estimate of drug-likeness (QED) is 0.315. The molecule has 10 nitrogen and oxygen atoms in total. The first-order valence-electron chi connectivity index (χ1n) is 11.1. The first-order valence-corrected chi connectivity index (χ1v) is 13.3. The third kappa shape index (κ3) is 6.83. The molecule has 1 atom stereocenters. The van der Waals surface area contributed by atoms with Crippen molar-refractivity contribution >= 4 is 79.8 Å². The molecule has 37 heavy (non-hydrogen) atoms. The summed E-state index contributed by atoms with van der Waals surface area (Å²) in [4.78, 5) is 43.1. The van der Waals surface area contributed by atoms with Crippen molar-refractivity contribution in [1.29, 1.82) is 0 Å². The molecule has 0 aliphatic carbocycles. The number of aromatic nitrogens is 1. The molecule has 0 aliphatic heterocycles. The normalized spacial score (nSPS) is 12.2. The van der Waals surface area contributed by atoms with Crippen LogP contribution in [0.4, 0.5) is 16.5 Å². The molecule has 3 rings (SSSR count). The van der Waals surface area contributed by atoms with Crippen LogP contribution in [0.2, 0.25) is 0 Å². The molecule has 0 bridgehead atoms. The monoisotopic (exact) mass is 735 g/mol. The molecule has 2 aromatic carbocycles. The predicted octanol–water partition coefficient (Wildman–Crippen LogP) is 5.19. The van der Waals surface area contributed by atoms with Crippen molar-refractivity contribution in [1.82, 2.24) is 4.98 Å². The van der Waals surface area contributed by atoms with E-state index in [2.05, 4.69) is 55.5 Å². The number of aliphatic carboxylic acids is 1. The molecule has 1 aromatic heterocycles. The molecule has 0 saturated heterocycles. The number of anilines is 2. The highest BCUT2D eigenvalue weighted by Crippen LogP contribution is 2.30. The zero-order chi connectivity index (χ0) is 27.7. The van der Waals surface area contributed by atoms with E-state index in [1.807, 2.05) is 12.1 Å². The third-order valence-corrected chi connectivity index (χ3v) is 7.03. The number of halogens is 2. The molecule has 0 fully saturated rings. The van der Waals surface area contributed by atoms with Gasteiger partial charge in [0.05, 0.1) is 25.2 Å². The number of carbonyl (C=O) groups is 2. The second-order valence-corrected chi connectivity index (χ2v) is 11.6. The molecule has 0 saturated carbocycles. The maximum absolute atomic E-state index is 13.0. The van der Waals surface area contributed by atoms with Gasteiger partial charge in [-0.15, -0.1) is 0 Å². The molecule has 0 radical (unpaired) electrons. The largest absolute Gasteiger partial charge is 0.495 e. The second-order valence-electron chi connectivity index (χ2n) is 9.30. The molecular weight excluding hydrogens is 708 g/mol. The lowest BCUT2D eigenvalue weighted by Crippen LogP contribution is -2.41. The lowest BCUT2D eigenvalue weighted by molar-refractivity contribution is -0.138. The van der Waals surface area contributed by atoms with Gasteiger partial charge in [0.1, 0.15) is 17.4 Å². The highest BCUT2D eigenvalue weighted by Gasteiger charge is 2.28. The van der Waals surface area contributed by atoms with Crippen molar-refractivity contribution in [3.8, 4) is 5.75 Å². The first-order chi connectivity index (χ1) is 17.2. The highest BCUT2D eigenvalue weighted by molar-refractivity contribution is 14.1. The van der Waals surface area contributed by atoms with Crippen LogP contribution in [0.15, 0.2) is 33.5 Å². The van der Waals surface area contributed by atoms with Crippen molar-refractivity contribution in [3.63, 3.8) is 0 Å². The molecule has 1 heterocycles. The number of nitrogens with zero attached hydrogens (tertiary/aromatic N) is 2. The summed E-state index contributed by atoms with van der Waals surface area (Å²) in [6.07, 6.45) is -0.515. The van der Waals surface area contributed by atoms with Gasteiger partial charge in [-0.05, 0) is 108 Å². The van der Waals surface area contributed by atoms with Crippen molar-refractivity contribution in [3.05, 3.63) is 53.0 Å². The average Bonchev–Trinajstić information content (AvgIpc) is 2.77. The molecule has 1 amide bonds. The summed E-state index contributed by atoms with van der Waals surface area (Å²) in [6, 6.07) is 5.70. The van der Waals surface area contributed by atoms with Crippen molar-refractivity contribution in [2.75, 3.05) is 24.4 Å². The molecule has 198 valence electrons. The smallest absolute Gasteiger partial charge is 0.412 e. The Kier molecular flexibility index (Phi) is 8.93. The van der Waals surface area contributed by atoms with Crippen molar-refractivity contribution in [2.45, 2.75) is 45.8 Å². The number of carboxylic acid groups (broad SMARTS) is 1. The Bertz CT molecular complexity index is 1390. The standard InChI is InChI=1S/C25H27I2N3O7/c1-12-16(29-24(34)37-25(2,3)4)7-8-17-19(12)22(33)36-23(28-17)30(5)18(21(31)32)11-13-9-14(26)20(35-6)15(27)10-13/h7-10,18H,11H2,1-6H3,(H,29,34)(H,31,32)/t18-/m0/s1. The van der Waals surface area contributed by atoms with Crippen LogP contribution in [0.3, 0.4) is 0 Å². The van der Waals surface area contributed by atoms with Gasteiger partial charge < -0.3 is 23.9 Å². The van der Waals surface area contributed by atoms with Gasteiger partial charge in [0.15, 0.2) is 0 Å². The molecular formula is C25H27I2N3O7. The summed E-state index contributed by atoms with van der Waals surface area (Å²) >= 11 is 4.28. The number of ether oxygens (including phenoxy) is 2. The molecule has 0 unspecified atom stereocenters. The van der Waals surface area contributed by atoms with E-state index in [9.17, 15) is 19.5 Å². The number of hydrogen-bond acceptors (Lipinski definition) is 8. The number of benzene rings is 2. The minimum absolute atomic E-state index is 0.130. The summed E-state index contributed by atoms with van der Waals surface area (Å²) in [5.41, 5.74) is 0.543. The van der Waals surface area contributed by atoms with E-state index in [0.717, 1.165) is 18.5 Å². The fraction of sp³-hybridized carbons (Fsp3) is 0.360. The van der Waals surface area contributed by atoms with Crippen LogP contribution in [0.25, 0.3) is 10.9 Å². The number of aryl methyl sites for hydroxylation is 1. The van der Waals surface area contributed by atoms with Crippen LogP contribution in [0, 0.1) is 14.1 Å². The van der Waals surface area contributed by atoms with Crippen LogP contribution in [-0.2, 0) is 16.0 Å². The van der Waals surface area contributed by atoms with E-state index in [0.29, 0.717) is 16.8 Å². The number of hydrogen-bond donors (Lipinski definition) is 2.